The van der Waals surface area contributed by atoms with Gasteiger partial charge in [0.05, 0.1) is 0 Å². The molecule has 3 rings (SSSR count). The van der Waals surface area contributed by atoms with Crippen molar-refractivity contribution in [2.24, 2.45) is 0 Å². The Labute approximate surface area is 177 Å². The molecule has 1 amide bonds. The summed E-state index contributed by atoms with van der Waals surface area (Å²) in [7, 11) is -4.14. The van der Waals surface area contributed by atoms with Gasteiger partial charge >= 0.3 is 0 Å². The molecule has 0 heterocycles. The molecule has 150 valence electrons. The zero-order valence-corrected chi connectivity index (χ0v) is 17.8. The quantitative estimate of drug-likeness (QED) is 0.544. The van der Waals surface area contributed by atoms with Crippen LogP contribution in [-0.4, -0.2) is 14.3 Å². The smallest absolute Gasteiger partial charge is 0.255 e. The number of halogens is 2. The molecule has 0 saturated heterocycles. The van der Waals surface area contributed by atoms with Gasteiger partial charge in [-0.05, 0) is 55.0 Å². The molecule has 0 fully saturated rings. The lowest BCUT2D eigenvalue weighted by molar-refractivity contribution is 0.102. The third-order valence-electron chi connectivity index (χ3n) is 4.17. The molecular formula is C21H18BrFN2O3S. The second-order valence-corrected chi connectivity index (χ2v) is 9.07. The van der Waals surface area contributed by atoms with Crippen molar-refractivity contribution in [3.05, 3.63) is 93.7 Å². The number of hydrogen-bond acceptors (Lipinski definition) is 3. The number of carbonyl (C=O) groups is 1. The second-order valence-electron chi connectivity index (χ2n) is 6.42. The highest BCUT2D eigenvalue weighted by molar-refractivity contribution is 9.10. The van der Waals surface area contributed by atoms with E-state index in [1.165, 1.54) is 6.07 Å². The van der Waals surface area contributed by atoms with Crippen molar-refractivity contribution in [1.82, 2.24) is 4.72 Å². The topological polar surface area (TPSA) is 75.3 Å². The zero-order valence-electron chi connectivity index (χ0n) is 15.4. The molecule has 5 nitrogen and oxygen atoms in total. The van der Waals surface area contributed by atoms with Crippen molar-refractivity contribution in [2.45, 2.75) is 18.4 Å². The van der Waals surface area contributed by atoms with Crippen molar-refractivity contribution < 1.29 is 17.6 Å². The van der Waals surface area contributed by atoms with E-state index in [2.05, 4.69) is 26.0 Å². The van der Waals surface area contributed by atoms with Crippen molar-refractivity contribution in [2.75, 3.05) is 5.32 Å². The summed E-state index contributed by atoms with van der Waals surface area (Å²) in [4.78, 5) is 11.9. The molecule has 0 aliphatic carbocycles. The first-order valence-electron chi connectivity index (χ1n) is 8.66. The summed E-state index contributed by atoms with van der Waals surface area (Å²) < 4.78 is 42.6. The number of nitrogens with one attached hydrogen (secondary N) is 2. The van der Waals surface area contributed by atoms with Crippen molar-refractivity contribution in [1.29, 1.82) is 0 Å². The van der Waals surface area contributed by atoms with Crippen LogP contribution in [0.5, 0.6) is 0 Å². The Morgan fingerprint density at radius 3 is 2.31 bits per heavy atom. The molecule has 0 saturated carbocycles. The number of sulfonamides is 1. The predicted molar refractivity (Wildman–Crippen MR) is 114 cm³/mol. The van der Waals surface area contributed by atoms with Crippen LogP contribution in [0.15, 0.2) is 76.1 Å². The SMILES string of the molecule is Cc1ccc(CNS(=O)(=O)c2cc(C(=O)Nc3ccc(Br)cc3)ccc2F)cc1. The van der Waals surface area contributed by atoms with Crippen molar-refractivity contribution in [3.8, 4) is 0 Å². The minimum Gasteiger partial charge on any atom is -0.322 e. The van der Waals surface area contributed by atoms with Gasteiger partial charge in [-0.15, -0.1) is 0 Å². The van der Waals surface area contributed by atoms with Gasteiger partial charge in [0.25, 0.3) is 5.91 Å². The standard InChI is InChI=1S/C21H18BrFN2O3S/c1-14-2-4-15(5-3-14)13-24-29(27,28)20-12-16(6-11-19(20)23)21(26)25-18-9-7-17(22)8-10-18/h2-12,24H,13H2,1H3,(H,25,26). The Bertz CT molecular complexity index is 1130. The molecule has 29 heavy (non-hydrogen) atoms. The fraction of sp³-hybridized carbons (Fsp3) is 0.0952. The van der Waals surface area contributed by atoms with Crippen LogP contribution in [-0.2, 0) is 16.6 Å². The molecule has 0 unspecified atom stereocenters. The van der Waals surface area contributed by atoms with Gasteiger partial charge in [0, 0.05) is 22.3 Å². The molecule has 3 aromatic carbocycles. The number of carbonyl (C=O) groups excluding carboxylic acids is 1. The molecule has 0 bridgehead atoms. The van der Waals surface area contributed by atoms with Crippen molar-refractivity contribution in [3.63, 3.8) is 0 Å². The first-order chi connectivity index (χ1) is 13.7. The number of benzene rings is 3. The maximum absolute atomic E-state index is 14.2. The minimum absolute atomic E-state index is 0.0113. The molecule has 2 N–H and O–H groups in total. The van der Waals surface area contributed by atoms with E-state index in [9.17, 15) is 17.6 Å². The van der Waals surface area contributed by atoms with Crippen molar-refractivity contribution >= 4 is 37.5 Å². The van der Waals surface area contributed by atoms with Gasteiger partial charge < -0.3 is 5.32 Å². The number of amides is 1. The first-order valence-corrected chi connectivity index (χ1v) is 10.9. The lowest BCUT2D eigenvalue weighted by Crippen LogP contribution is -2.25. The minimum atomic E-state index is -4.14. The normalized spacial score (nSPS) is 11.3. The number of anilines is 1. The molecule has 0 aromatic heterocycles. The summed E-state index contributed by atoms with van der Waals surface area (Å²) in [5, 5.41) is 2.65. The third kappa shape index (κ3) is 5.50. The van der Waals surface area contributed by atoms with Gasteiger partial charge in [-0.3, -0.25) is 4.79 Å². The molecular weight excluding hydrogens is 459 g/mol. The lowest BCUT2D eigenvalue weighted by Gasteiger charge is -2.10. The van der Waals surface area contributed by atoms with E-state index in [1.54, 1.807) is 36.4 Å². The number of hydrogen-bond donors (Lipinski definition) is 2. The van der Waals surface area contributed by atoms with E-state index in [-0.39, 0.29) is 12.1 Å². The monoisotopic (exact) mass is 476 g/mol. The average Bonchev–Trinajstić information content (AvgIpc) is 2.69. The summed E-state index contributed by atoms with van der Waals surface area (Å²) >= 11 is 3.30. The largest absolute Gasteiger partial charge is 0.322 e. The van der Waals surface area contributed by atoms with Crippen LogP contribution in [0, 0.1) is 12.7 Å². The van der Waals surface area contributed by atoms with Crippen LogP contribution in [0.1, 0.15) is 21.5 Å². The van der Waals surface area contributed by atoms with Crippen LogP contribution >= 0.6 is 15.9 Å². The summed E-state index contributed by atoms with van der Waals surface area (Å²) in [6.45, 7) is 1.94. The Balaban J connectivity index is 1.78. The van der Waals surface area contributed by atoms with Gasteiger partial charge in [-0.2, -0.15) is 0 Å². The molecule has 0 radical (unpaired) electrons. The van der Waals surface area contributed by atoms with E-state index in [1.807, 2.05) is 19.1 Å². The van der Waals surface area contributed by atoms with Crippen LogP contribution < -0.4 is 10.0 Å². The molecule has 0 spiro atoms. The summed E-state index contributed by atoms with van der Waals surface area (Å²) in [5.41, 5.74) is 2.35. The fourth-order valence-corrected chi connectivity index (χ4v) is 3.93. The molecule has 0 aliphatic heterocycles. The average molecular weight is 477 g/mol. The highest BCUT2D eigenvalue weighted by atomic mass is 79.9. The van der Waals surface area contributed by atoms with Crippen LogP contribution in [0.25, 0.3) is 0 Å². The summed E-state index contributed by atoms with van der Waals surface area (Å²) in [6.07, 6.45) is 0. The molecule has 0 atom stereocenters. The van der Waals surface area contributed by atoms with Gasteiger partial charge in [-0.1, -0.05) is 45.8 Å². The van der Waals surface area contributed by atoms with E-state index in [0.29, 0.717) is 5.69 Å². The Kier molecular flexibility index (Phi) is 6.46. The van der Waals surface area contributed by atoms with Crippen LogP contribution in [0.3, 0.4) is 0 Å². The molecule has 3 aromatic rings. The van der Waals surface area contributed by atoms with E-state index >= 15 is 0 Å². The van der Waals surface area contributed by atoms with E-state index < -0.39 is 26.6 Å². The van der Waals surface area contributed by atoms with Gasteiger partial charge in [0.15, 0.2) is 0 Å². The van der Waals surface area contributed by atoms with Gasteiger partial charge in [0.2, 0.25) is 10.0 Å². The number of aryl methyl sites for hydroxylation is 1. The van der Waals surface area contributed by atoms with E-state index in [0.717, 1.165) is 27.7 Å². The number of rotatable bonds is 6. The van der Waals surface area contributed by atoms with Gasteiger partial charge in [-0.25, -0.2) is 17.5 Å². The predicted octanol–water partition coefficient (Wildman–Crippen LogP) is 4.63. The third-order valence-corrected chi connectivity index (χ3v) is 6.12. The first kappa shape index (κ1) is 21.2. The van der Waals surface area contributed by atoms with E-state index in [4.69, 9.17) is 0 Å². The Morgan fingerprint density at radius 2 is 1.66 bits per heavy atom. The second kappa shape index (κ2) is 8.86. The van der Waals surface area contributed by atoms with Crippen LogP contribution in [0.4, 0.5) is 10.1 Å². The van der Waals surface area contributed by atoms with Gasteiger partial charge in [0.1, 0.15) is 10.7 Å². The maximum atomic E-state index is 14.2. The fourth-order valence-electron chi connectivity index (χ4n) is 2.55. The highest BCUT2D eigenvalue weighted by Gasteiger charge is 2.21. The highest BCUT2D eigenvalue weighted by Crippen LogP contribution is 2.19. The molecule has 0 aliphatic rings. The Hall–Kier alpha value is -2.55. The Morgan fingerprint density at radius 1 is 1.00 bits per heavy atom. The maximum Gasteiger partial charge on any atom is 0.255 e. The zero-order chi connectivity index (χ0) is 21.0. The van der Waals surface area contributed by atoms with Crippen LogP contribution in [0.2, 0.25) is 0 Å². The lowest BCUT2D eigenvalue weighted by atomic mass is 10.2. The molecule has 8 heteroatoms. The summed E-state index contributed by atoms with van der Waals surface area (Å²) in [5.74, 6) is -1.47. The summed E-state index contributed by atoms with van der Waals surface area (Å²) in [6, 6.07) is 17.4.